The van der Waals surface area contributed by atoms with Crippen molar-refractivity contribution in [1.29, 1.82) is 0 Å². The topological polar surface area (TPSA) is 90.4 Å². The number of halogens is 2. The van der Waals surface area contributed by atoms with E-state index in [0.717, 1.165) is 49.6 Å². The molecule has 1 aliphatic heterocycles. The zero-order valence-electron chi connectivity index (χ0n) is 19.2. The Kier molecular flexibility index (Phi) is 5.25. The molecule has 1 unspecified atom stereocenters. The quantitative estimate of drug-likeness (QED) is 0.397. The molecule has 180 valence electrons. The molecule has 0 aliphatic carbocycles. The zero-order valence-corrected chi connectivity index (χ0v) is 19.2. The first-order chi connectivity index (χ1) is 17.0. The third-order valence-corrected chi connectivity index (χ3v) is 6.90. The van der Waals surface area contributed by atoms with Crippen molar-refractivity contribution in [1.82, 2.24) is 29.0 Å². The normalized spacial score (nSPS) is 16.4. The summed E-state index contributed by atoms with van der Waals surface area (Å²) in [5.41, 5.74) is 8.23. The van der Waals surface area contributed by atoms with E-state index in [-0.39, 0.29) is 17.9 Å². The highest BCUT2D eigenvalue weighted by Crippen LogP contribution is 2.31. The van der Waals surface area contributed by atoms with Crippen molar-refractivity contribution in [2.75, 3.05) is 25.4 Å². The minimum Gasteiger partial charge on any atom is -0.461 e. The Morgan fingerprint density at radius 1 is 1.11 bits per heavy atom. The van der Waals surface area contributed by atoms with Crippen LogP contribution in [0.15, 0.2) is 53.3 Å². The van der Waals surface area contributed by atoms with E-state index in [1.54, 1.807) is 24.5 Å². The predicted octanol–water partition coefficient (Wildman–Crippen LogP) is 4.64. The second kappa shape index (κ2) is 8.46. The predicted molar refractivity (Wildman–Crippen MR) is 128 cm³/mol. The van der Waals surface area contributed by atoms with Crippen molar-refractivity contribution in [3.8, 4) is 11.6 Å². The zero-order chi connectivity index (χ0) is 24.1. The number of nitrogens with zero attached hydrogens (tertiary/aromatic N) is 6. The van der Waals surface area contributed by atoms with Gasteiger partial charge in [-0.25, -0.2) is 13.8 Å². The second-order valence-corrected chi connectivity index (χ2v) is 9.17. The number of nitrogens with two attached hydrogens (primary N) is 1. The van der Waals surface area contributed by atoms with E-state index >= 15 is 0 Å². The van der Waals surface area contributed by atoms with Crippen LogP contribution in [0.4, 0.5) is 14.7 Å². The van der Waals surface area contributed by atoms with Crippen molar-refractivity contribution in [2.24, 2.45) is 0 Å². The van der Waals surface area contributed by atoms with Gasteiger partial charge in [0.1, 0.15) is 17.3 Å². The molecule has 1 aromatic carbocycles. The third-order valence-electron chi connectivity index (χ3n) is 6.90. The largest absolute Gasteiger partial charge is 0.461 e. The average Bonchev–Trinajstić information content (AvgIpc) is 3.59. The third kappa shape index (κ3) is 3.83. The molecule has 0 saturated carbocycles. The molecule has 0 radical (unpaired) electrons. The van der Waals surface area contributed by atoms with Gasteiger partial charge in [-0.2, -0.15) is 9.50 Å². The first kappa shape index (κ1) is 21.7. The number of furan rings is 1. The molecule has 1 atom stereocenters. The minimum atomic E-state index is -0.536. The summed E-state index contributed by atoms with van der Waals surface area (Å²) in [7, 11) is 0. The Morgan fingerprint density at radius 2 is 1.94 bits per heavy atom. The number of anilines is 1. The fourth-order valence-corrected chi connectivity index (χ4v) is 5.12. The van der Waals surface area contributed by atoms with Crippen LogP contribution in [0.2, 0.25) is 0 Å². The summed E-state index contributed by atoms with van der Waals surface area (Å²) in [5.74, 6) is 0.406. The Balaban J connectivity index is 1.20. The van der Waals surface area contributed by atoms with Gasteiger partial charge in [-0.3, -0.25) is 0 Å². The molecule has 0 amide bonds. The van der Waals surface area contributed by atoms with Crippen LogP contribution < -0.4 is 5.73 Å². The van der Waals surface area contributed by atoms with E-state index in [4.69, 9.17) is 10.2 Å². The van der Waals surface area contributed by atoms with Crippen LogP contribution in [-0.2, 0) is 0 Å². The van der Waals surface area contributed by atoms with E-state index < -0.39 is 11.6 Å². The van der Waals surface area contributed by atoms with Crippen LogP contribution in [0.25, 0.3) is 28.3 Å². The summed E-state index contributed by atoms with van der Waals surface area (Å²) in [6, 6.07) is 9.60. The average molecular weight is 478 g/mol. The summed E-state index contributed by atoms with van der Waals surface area (Å²) in [4.78, 5) is 11.6. The van der Waals surface area contributed by atoms with Crippen molar-refractivity contribution in [2.45, 2.75) is 31.7 Å². The van der Waals surface area contributed by atoms with Gasteiger partial charge in [-0.1, -0.05) is 6.07 Å². The van der Waals surface area contributed by atoms with Crippen molar-refractivity contribution < 1.29 is 13.2 Å². The number of nitrogen functional groups attached to an aromatic ring is 1. The molecule has 8 nitrogen and oxygen atoms in total. The van der Waals surface area contributed by atoms with E-state index in [9.17, 15) is 8.78 Å². The van der Waals surface area contributed by atoms with Gasteiger partial charge < -0.3 is 19.6 Å². The monoisotopic (exact) mass is 477 g/mol. The van der Waals surface area contributed by atoms with Crippen LogP contribution in [0.1, 0.15) is 37.3 Å². The SMILES string of the molecule is CC(CN1CCC(c2ccc(F)cc2F)CC1)n1ccc2c1nc(N)n1nc(-c3ccco3)nc21. The van der Waals surface area contributed by atoms with Crippen LogP contribution in [0.3, 0.4) is 0 Å². The van der Waals surface area contributed by atoms with Crippen molar-refractivity contribution in [3.63, 3.8) is 0 Å². The van der Waals surface area contributed by atoms with E-state index in [2.05, 4.69) is 31.5 Å². The number of rotatable bonds is 5. The number of piperidine rings is 1. The summed E-state index contributed by atoms with van der Waals surface area (Å²) >= 11 is 0. The van der Waals surface area contributed by atoms with Gasteiger partial charge in [0, 0.05) is 24.8 Å². The van der Waals surface area contributed by atoms with Crippen molar-refractivity contribution in [3.05, 3.63) is 66.1 Å². The van der Waals surface area contributed by atoms with Gasteiger partial charge in [0.05, 0.1) is 11.6 Å². The Labute approximate surface area is 200 Å². The fraction of sp³-hybridized carbons (Fsp3) is 0.320. The van der Waals surface area contributed by atoms with E-state index in [1.165, 1.54) is 10.6 Å². The van der Waals surface area contributed by atoms with Gasteiger partial charge in [0.25, 0.3) is 0 Å². The number of hydrogen-bond acceptors (Lipinski definition) is 6. The summed E-state index contributed by atoms with van der Waals surface area (Å²) in [6.45, 7) is 4.66. The van der Waals surface area contributed by atoms with E-state index in [0.29, 0.717) is 22.8 Å². The van der Waals surface area contributed by atoms with Gasteiger partial charge >= 0.3 is 0 Å². The lowest BCUT2D eigenvalue weighted by Crippen LogP contribution is -2.36. The number of fused-ring (bicyclic) bond motifs is 3. The maximum atomic E-state index is 14.2. The molecule has 6 rings (SSSR count). The molecular formula is C25H25F2N7O. The molecule has 5 aromatic rings. The first-order valence-corrected chi connectivity index (χ1v) is 11.7. The van der Waals surface area contributed by atoms with Crippen LogP contribution in [0, 0.1) is 11.6 Å². The molecule has 2 N–H and O–H groups in total. The maximum Gasteiger partial charge on any atom is 0.225 e. The fourth-order valence-electron chi connectivity index (χ4n) is 5.12. The Morgan fingerprint density at radius 3 is 2.69 bits per heavy atom. The molecule has 10 heteroatoms. The summed E-state index contributed by atoms with van der Waals surface area (Å²) in [5, 5.41) is 5.32. The van der Waals surface area contributed by atoms with Gasteiger partial charge in [-0.15, -0.1) is 5.10 Å². The molecular weight excluding hydrogens is 452 g/mol. The van der Waals surface area contributed by atoms with E-state index in [1.807, 2.05) is 12.3 Å². The standard InChI is InChI=1S/C25H25F2N7O/c1-15(14-32-9-6-16(7-10-32)18-5-4-17(26)13-20(18)27)33-11-8-19-23(33)30-25(28)34-24(19)29-22(31-34)21-3-2-12-35-21/h2-5,8,11-13,15-16H,6-7,9-10,14H2,1H3,(H2,28,30). The molecule has 4 aromatic heterocycles. The van der Waals surface area contributed by atoms with Gasteiger partial charge in [0.2, 0.25) is 11.8 Å². The van der Waals surface area contributed by atoms with Gasteiger partial charge in [-0.05, 0) is 68.6 Å². The lowest BCUT2D eigenvalue weighted by atomic mass is 9.89. The number of aromatic nitrogens is 5. The molecule has 0 spiro atoms. The number of likely N-dealkylation sites (tertiary alicyclic amines) is 1. The van der Waals surface area contributed by atoms with Crippen LogP contribution in [-0.4, -0.2) is 48.7 Å². The molecule has 0 bridgehead atoms. The minimum absolute atomic E-state index is 0.112. The molecule has 5 heterocycles. The summed E-state index contributed by atoms with van der Waals surface area (Å²) in [6.07, 6.45) is 5.25. The van der Waals surface area contributed by atoms with Crippen LogP contribution in [0.5, 0.6) is 0 Å². The van der Waals surface area contributed by atoms with Crippen LogP contribution >= 0.6 is 0 Å². The molecule has 35 heavy (non-hydrogen) atoms. The molecule has 1 fully saturated rings. The maximum absolute atomic E-state index is 14.2. The van der Waals surface area contributed by atoms with Crippen molar-refractivity contribution >= 4 is 22.6 Å². The molecule has 1 aliphatic rings. The Hall–Kier alpha value is -3.79. The number of hydrogen-bond donors (Lipinski definition) is 1. The first-order valence-electron chi connectivity index (χ1n) is 11.7. The highest BCUT2D eigenvalue weighted by molar-refractivity contribution is 5.91. The number of benzene rings is 1. The Bertz CT molecular complexity index is 1500. The molecule has 1 saturated heterocycles. The highest BCUT2D eigenvalue weighted by atomic mass is 19.1. The van der Waals surface area contributed by atoms with Gasteiger partial charge in [0.15, 0.2) is 11.4 Å². The highest BCUT2D eigenvalue weighted by Gasteiger charge is 2.25. The smallest absolute Gasteiger partial charge is 0.225 e. The summed E-state index contributed by atoms with van der Waals surface area (Å²) < 4.78 is 36.6. The second-order valence-electron chi connectivity index (χ2n) is 9.17. The lowest BCUT2D eigenvalue weighted by molar-refractivity contribution is 0.188. The lowest BCUT2D eigenvalue weighted by Gasteiger charge is -2.34.